The Hall–Kier alpha value is -4.02. The number of methoxy groups -OCH3 is 4. The quantitative estimate of drug-likeness (QED) is 0.237. The van der Waals surface area contributed by atoms with Crippen molar-refractivity contribution in [3.05, 3.63) is 51.1 Å². The third-order valence-electron chi connectivity index (χ3n) is 4.62. The van der Waals surface area contributed by atoms with E-state index in [0.29, 0.717) is 29.9 Å². The van der Waals surface area contributed by atoms with Crippen LogP contribution in [-0.4, -0.2) is 51.8 Å². The highest BCUT2D eigenvalue weighted by molar-refractivity contribution is 5.96. The van der Waals surface area contributed by atoms with E-state index in [2.05, 4.69) is 4.74 Å². The second kappa shape index (κ2) is 10.8. The summed E-state index contributed by atoms with van der Waals surface area (Å²) in [7, 11) is 5.37. The zero-order valence-electron chi connectivity index (χ0n) is 18.1. The number of nitrogens with two attached hydrogens (primary N) is 1. The fourth-order valence-electron chi connectivity index (χ4n) is 3.14. The van der Waals surface area contributed by atoms with Crippen LogP contribution in [0.3, 0.4) is 0 Å². The van der Waals surface area contributed by atoms with Crippen LogP contribution in [0.5, 0.6) is 23.0 Å². The van der Waals surface area contributed by atoms with Gasteiger partial charge in [0.1, 0.15) is 17.1 Å². The molecule has 0 unspecified atom stereocenters. The minimum Gasteiger partial charge on any atom is -0.496 e. The predicted molar refractivity (Wildman–Crippen MR) is 113 cm³/mol. The minimum absolute atomic E-state index is 0.0928. The van der Waals surface area contributed by atoms with Crippen molar-refractivity contribution in [3.63, 3.8) is 0 Å². The molecule has 11 nitrogen and oxygen atoms in total. The first-order chi connectivity index (χ1) is 15.3. The summed E-state index contributed by atoms with van der Waals surface area (Å²) in [6.07, 6.45) is 0.856. The Morgan fingerprint density at radius 3 is 2.19 bits per heavy atom. The Kier molecular flexibility index (Phi) is 8.22. The largest absolute Gasteiger partial charge is 0.496 e. The molecule has 11 heteroatoms. The number of hydrogen-bond donors (Lipinski definition) is 1. The maximum atomic E-state index is 11.9. The normalized spacial score (nSPS) is 10.2. The number of esters is 1. The van der Waals surface area contributed by atoms with Gasteiger partial charge in [-0.2, -0.15) is 0 Å². The van der Waals surface area contributed by atoms with Crippen LogP contribution in [0.2, 0.25) is 0 Å². The van der Waals surface area contributed by atoms with Gasteiger partial charge in [-0.05, 0) is 25.0 Å². The first-order valence-corrected chi connectivity index (χ1v) is 9.40. The number of nitro groups is 1. The molecule has 2 aromatic carbocycles. The van der Waals surface area contributed by atoms with E-state index >= 15 is 0 Å². The molecule has 172 valence electrons. The van der Waals surface area contributed by atoms with Gasteiger partial charge in [0.15, 0.2) is 11.5 Å². The van der Waals surface area contributed by atoms with Gasteiger partial charge in [0.2, 0.25) is 0 Å². The van der Waals surface area contributed by atoms with Crippen LogP contribution in [0.15, 0.2) is 24.3 Å². The topological polar surface area (TPSA) is 149 Å². The summed E-state index contributed by atoms with van der Waals surface area (Å²) in [5.41, 5.74) is 5.56. The van der Waals surface area contributed by atoms with Crippen molar-refractivity contribution in [1.82, 2.24) is 0 Å². The number of rotatable bonds is 11. The Labute approximate surface area is 184 Å². The van der Waals surface area contributed by atoms with Crippen molar-refractivity contribution in [2.75, 3.05) is 35.0 Å². The highest BCUT2D eigenvalue weighted by Crippen LogP contribution is 2.36. The summed E-state index contributed by atoms with van der Waals surface area (Å²) in [5, 5.41) is 11.3. The van der Waals surface area contributed by atoms with Crippen LogP contribution in [-0.2, 0) is 11.2 Å². The molecule has 0 aliphatic carbocycles. The Morgan fingerprint density at radius 1 is 0.969 bits per heavy atom. The lowest BCUT2D eigenvalue weighted by Crippen LogP contribution is -2.14. The molecule has 32 heavy (non-hydrogen) atoms. The zero-order valence-corrected chi connectivity index (χ0v) is 18.1. The van der Waals surface area contributed by atoms with E-state index in [1.54, 1.807) is 6.07 Å². The maximum absolute atomic E-state index is 11.9. The average molecular weight is 448 g/mol. The van der Waals surface area contributed by atoms with E-state index in [9.17, 15) is 19.7 Å². The molecule has 2 aromatic rings. The van der Waals surface area contributed by atoms with Gasteiger partial charge in [0, 0.05) is 11.6 Å². The predicted octanol–water partition coefficient (Wildman–Crippen LogP) is 2.52. The lowest BCUT2D eigenvalue weighted by Gasteiger charge is -2.16. The summed E-state index contributed by atoms with van der Waals surface area (Å²) in [6, 6.07) is 5.46. The number of primary amides is 1. The van der Waals surface area contributed by atoms with Crippen molar-refractivity contribution in [1.29, 1.82) is 0 Å². The number of nitrogens with zero attached hydrogens (tertiary/aromatic N) is 1. The number of carbonyl (C=O) groups excluding carboxylic acids is 2. The number of carbonyl (C=O) groups is 2. The van der Waals surface area contributed by atoms with Gasteiger partial charge in [-0.3, -0.25) is 14.9 Å². The molecule has 0 heterocycles. The molecule has 0 aromatic heterocycles. The molecular formula is C21H24N2O9. The van der Waals surface area contributed by atoms with E-state index in [0.717, 1.165) is 13.2 Å². The standard InChI is InChI=1S/C21H24N2O9/c1-28-16-8-7-13(20(22)24)19(30-3)12(16)6-5-9-32-18-10-14(21(25)31-4)15(23(26)27)11-17(18)29-2/h7-8,10-11H,5-6,9H2,1-4H3,(H2,22,24). The highest BCUT2D eigenvalue weighted by atomic mass is 16.6. The average Bonchev–Trinajstić information content (AvgIpc) is 2.79. The SMILES string of the molecule is COC(=O)c1cc(OCCCc2c(OC)ccc(C(N)=O)c2OC)c(OC)cc1[N+](=O)[O-]. The number of benzene rings is 2. The van der Waals surface area contributed by atoms with Crippen LogP contribution in [0.4, 0.5) is 5.69 Å². The summed E-state index contributed by atoms with van der Waals surface area (Å²) in [5.74, 6) is -0.432. The second-order valence-corrected chi connectivity index (χ2v) is 6.41. The monoisotopic (exact) mass is 448 g/mol. The lowest BCUT2D eigenvalue weighted by atomic mass is 10.0. The molecule has 0 aliphatic heterocycles. The highest BCUT2D eigenvalue weighted by Gasteiger charge is 2.25. The van der Waals surface area contributed by atoms with E-state index < -0.39 is 22.5 Å². The van der Waals surface area contributed by atoms with E-state index in [1.165, 1.54) is 33.5 Å². The summed E-state index contributed by atoms with van der Waals surface area (Å²) < 4.78 is 26.2. The molecule has 0 aliphatic rings. The van der Waals surface area contributed by atoms with Gasteiger partial charge in [-0.25, -0.2) is 4.79 Å². The molecule has 0 fully saturated rings. The van der Waals surface area contributed by atoms with Crippen molar-refractivity contribution in [2.24, 2.45) is 5.73 Å². The lowest BCUT2D eigenvalue weighted by molar-refractivity contribution is -0.385. The van der Waals surface area contributed by atoms with E-state index in [4.69, 9.17) is 24.7 Å². The molecule has 0 saturated carbocycles. The number of nitro benzene ring substituents is 1. The molecule has 0 spiro atoms. The van der Waals surface area contributed by atoms with E-state index in [1.807, 2.05) is 0 Å². The van der Waals surface area contributed by atoms with E-state index in [-0.39, 0.29) is 29.2 Å². The Balaban J connectivity index is 2.24. The Morgan fingerprint density at radius 2 is 1.66 bits per heavy atom. The smallest absolute Gasteiger partial charge is 0.345 e. The van der Waals surface area contributed by atoms with Gasteiger partial charge in [0.25, 0.3) is 11.6 Å². The van der Waals surface area contributed by atoms with Crippen LogP contribution < -0.4 is 24.7 Å². The maximum Gasteiger partial charge on any atom is 0.345 e. The third-order valence-corrected chi connectivity index (χ3v) is 4.62. The summed E-state index contributed by atoms with van der Waals surface area (Å²) in [4.78, 5) is 34.2. The first-order valence-electron chi connectivity index (χ1n) is 9.40. The van der Waals surface area contributed by atoms with Crippen molar-refractivity contribution < 1.29 is 38.2 Å². The summed E-state index contributed by atoms with van der Waals surface area (Å²) in [6.45, 7) is 0.155. The molecule has 1 amide bonds. The van der Waals surface area contributed by atoms with Gasteiger partial charge < -0.3 is 29.4 Å². The molecule has 2 rings (SSSR count). The van der Waals surface area contributed by atoms with Crippen molar-refractivity contribution in [3.8, 4) is 23.0 Å². The fraction of sp³-hybridized carbons (Fsp3) is 0.333. The molecule has 2 N–H and O–H groups in total. The Bertz CT molecular complexity index is 1020. The second-order valence-electron chi connectivity index (χ2n) is 6.41. The minimum atomic E-state index is -0.873. The third kappa shape index (κ3) is 5.17. The van der Waals surface area contributed by atoms with Crippen LogP contribution in [0, 0.1) is 10.1 Å². The fourth-order valence-corrected chi connectivity index (χ4v) is 3.14. The molecule has 0 bridgehead atoms. The van der Waals surface area contributed by atoms with Crippen LogP contribution in [0.1, 0.15) is 32.7 Å². The summed E-state index contributed by atoms with van der Waals surface area (Å²) >= 11 is 0. The van der Waals surface area contributed by atoms with Crippen molar-refractivity contribution in [2.45, 2.75) is 12.8 Å². The molecule has 0 radical (unpaired) electrons. The molecular weight excluding hydrogens is 424 g/mol. The first kappa shape index (κ1) is 24.3. The molecule has 0 saturated heterocycles. The van der Waals surface area contributed by atoms with Gasteiger partial charge in [-0.1, -0.05) is 0 Å². The number of ether oxygens (including phenoxy) is 5. The number of hydrogen-bond acceptors (Lipinski definition) is 9. The van der Waals surface area contributed by atoms with Crippen LogP contribution >= 0.6 is 0 Å². The van der Waals surface area contributed by atoms with Crippen LogP contribution in [0.25, 0.3) is 0 Å². The zero-order chi connectivity index (χ0) is 23.8. The number of amides is 1. The van der Waals surface area contributed by atoms with Crippen molar-refractivity contribution >= 4 is 17.6 Å². The molecule has 0 atom stereocenters. The van der Waals surface area contributed by atoms with Gasteiger partial charge in [0.05, 0.1) is 51.6 Å². The van der Waals surface area contributed by atoms with Gasteiger partial charge in [-0.15, -0.1) is 0 Å². The van der Waals surface area contributed by atoms with Gasteiger partial charge >= 0.3 is 5.97 Å².